The Labute approximate surface area is 657 Å². The van der Waals surface area contributed by atoms with Gasteiger partial charge in [-0.25, -0.2) is 57.1 Å². The second-order valence-electron chi connectivity index (χ2n) is 30.4. The number of hydrogen-bond acceptors (Lipinski definition) is 19. The first-order valence-corrected chi connectivity index (χ1v) is 39.6. The van der Waals surface area contributed by atoms with Crippen molar-refractivity contribution in [3.8, 4) is 103 Å². The summed E-state index contributed by atoms with van der Waals surface area (Å²) in [6.07, 6.45) is 6.03. The highest BCUT2D eigenvalue weighted by molar-refractivity contribution is 7.85. The molecule has 27 nitrogen and oxygen atoms in total. The molecule has 590 valence electrons. The molecule has 0 bridgehead atoms. The molecule has 0 aliphatic carbocycles. The van der Waals surface area contributed by atoms with Crippen LogP contribution in [0, 0.1) is 20.8 Å². The molecule has 0 saturated heterocycles. The lowest BCUT2D eigenvalue weighted by Gasteiger charge is -2.34. The average molecular weight is 1590 g/mol. The molecule has 9 heterocycles. The summed E-state index contributed by atoms with van der Waals surface area (Å²) in [5, 5.41) is 13.6. The molecular formula is C76H110Cl3N19O8S2. The van der Waals surface area contributed by atoms with Crippen LogP contribution in [-0.2, 0) is 41.6 Å². The van der Waals surface area contributed by atoms with Gasteiger partial charge in [0, 0.05) is 114 Å². The third-order valence-corrected chi connectivity index (χ3v) is 21.2. The quantitative estimate of drug-likeness (QED) is 0.0562. The topological polar surface area (TPSA) is 289 Å². The Morgan fingerprint density at radius 1 is 0.546 bits per heavy atom. The van der Waals surface area contributed by atoms with Gasteiger partial charge in [0.15, 0.2) is 17.5 Å². The smallest absolute Gasteiger partial charge is 0.178 e. The number of nitrogens with two attached hydrogens (primary N) is 1. The highest BCUT2D eigenvalue weighted by Crippen LogP contribution is 2.44. The maximum Gasteiger partial charge on any atom is 0.178 e. The van der Waals surface area contributed by atoms with E-state index < -0.39 is 26.7 Å². The van der Waals surface area contributed by atoms with Crippen molar-refractivity contribution >= 4 is 63.3 Å². The summed E-state index contributed by atoms with van der Waals surface area (Å²) in [6.45, 7) is 47.4. The van der Waals surface area contributed by atoms with E-state index >= 15 is 0 Å². The number of ether oxygens (including phenoxy) is 6. The lowest BCUT2D eigenvalue weighted by Crippen LogP contribution is -2.43. The van der Waals surface area contributed by atoms with Crippen LogP contribution in [0.3, 0.4) is 0 Å². The van der Waals surface area contributed by atoms with Crippen LogP contribution in [0.5, 0.6) is 34.5 Å². The summed E-state index contributed by atoms with van der Waals surface area (Å²) in [6, 6.07) is 11.8. The molecule has 3 aromatic carbocycles. The van der Waals surface area contributed by atoms with E-state index in [1.54, 1.807) is 21.3 Å². The van der Waals surface area contributed by atoms with Crippen LogP contribution in [0.15, 0.2) is 59.4 Å². The van der Waals surface area contributed by atoms with Gasteiger partial charge in [0.1, 0.15) is 117 Å². The van der Waals surface area contributed by atoms with Crippen molar-refractivity contribution < 1.29 is 36.8 Å². The van der Waals surface area contributed by atoms with Gasteiger partial charge in [-0.05, 0) is 164 Å². The number of nitrogens with zero attached hydrogens (tertiary/aromatic N) is 17. The van der Waals surface area contributed by atoms with Gasteiger partial charge in [0.05, 0.1) is 83.8 Å². The van der Waals surface area contributed by atoms with Crippen LogP contribution < -0.4 is 38.9 Å². The standard InChI is InChI=1S/C24H34N6O3S.C24H32N6O3S.C20H26N6O2.C8H17Cl2N.ClH/c2*1-14(2)30-23(25-16(4)27-30)19-13-29-9-10-33-21-12-20(32-8)17(11-18(21)22(29)26-19)15(3)28-34(31)24(5,6)7;1-11(2)26-20(22-13(4)24-26)16-10-25-6-7-28-18-9-17(27-5)14(12(3)21)8-15(18)19(25)23-16;1-8(2,3)11(6-4-9)7-5-10;/h11-15,28H,9-10H2,1-8H3;11-14H,9-10H2,1-8H3;8-12H,6-7,21H2,1-5H3;4-7H2,1-3H3;1H/t15-,34+;34-;12-;;/m010../s1. The molecule has 108 heavy (non-hydrogen) atoms. The third kappa shape index (κ3) is 19.9. The maximum atomic E-state index is 12.7. The first-order chi connectivity index (χ1) is 50.4. The number of fused-ring (bicyclic) bond motifs is 9. The zero-order chi connectivity index (χ0) is 78.5. The number of hydrogen-bond donors (Lipinski definition) is 2. The molecule has 32 heteroatoms. The Bertz CT molecular complexity index is 4660. The minimum absolute atomic E-state index is 0. The molecule has 0 amide bonds. The minimum atomic E-state index is -1.39. The highest BCUT2D eigenvalue weighted by atomic mass is 35.5. The number of alkyl halides is 2. The fourth-order valence-corrected chi connectivity index (χ4v) is 14.0. The van der Waals surface area contributed by atoms with Crippen LogP contribution in [0.1, 0.15) is 189 Å². The summed E-state index contributed by atoms with van der Waals surface area (Å²) in [4.78, 5) is 31.0. The Morgan fingerprint density at radius 3 is 1.22 bits per heavy atom. The predicted octanol–water partition coefficient (Wildman–Crippen LogP) is 14.7. The number of imidazole rings is 3. The molecule has 0 fully saturated rings. The van der Waals surface area contributed by atoms with Gasteiger partial charge in [-0.15, -0.1) is 35.6 Å². The van der Waals surface area contributed by atoms with Crippen molar-refractivity contribution in [1.82, 2.24) is 82.6 Å². The zero-order valence-corrected chi connectivity index (χ0v) is 71.0. The summed E-state index contributed by atoms with van der Waals surface area (Å²) >= 11 is 11.3. The van der Waals surface area contributed by atoms with Crippen molar-refractivity contribution in [2.24, 2.45) is 10.1 Å². The van der Waals surface area contributed by atoms with Gasteiger partial charge in [0.2, 0.25) is 0 Å². The lowest BCUT2D eigenvalue weighted by molar-refractivity contribution is 0.156. The zero-order valence-electron chi connectivity index (χ0n) is 67.1. The lowest BCUT2D eigenvalue weighted by atomic mass is 10.0. The van der Waals surface area contributed by atoms with E-state index in [2.05, 4.69) is 120 Å². The monoisotopic (exact) mass is 1590 g/mol. The Kier molecular flexibility index (Phi) is 28.6. The fourth-order valence-electron chi connectivity index (χ4n) is 12.2. The summed E-state index contributed by atoms with van der Waals surface area (Å²) < 4.78 is 79.1. The third-order valence-electron chi connectivity index (χ3n) is 17.7. The maximum absolute atomic E-state index is 12.7. The molecule has 0 radical (unpaired) electrons. The van der Waals surface area contributed by atoms with Crippen molar-refractivity contribution in [3.05, 3.63) is 89.2 Å². The van der Waals surface area contributed by atoms with Gasteiger partial charge >= 0.3 is 0 Å². The van der Waals surface area contributed by atoms with Crippen LogP contribution in [0.25, 0.3) is 68.7 Å². The van der Waals surface area contributed by atoms with Crippen LogP contribution >= 0.6 is 35.6 Å². The van der Waals surface area contributed by atoms with E-state index in [9.17, 15) is 8.42 Å². The molecule has 3 aliphatic heterocycles. The Morgan fingerprint density at radius 2 is 0.898 bits per heavy atom. The first-order valence-electron chi connectivity index (χ1n) is 36.2. The van der Waals surface area contributed by atoms with E-state index in [1.165, 1.54) is 0 Å². The van der Waals surface area contributed by atoms with Gasteiger partial charge in [-0.3, -0.25) is 4.90 Å². The van der Waals surface area contributed by atoms with E-state index in [1.807, 2.05) is 152 Å². The summed E-state index contributed by atoms with van der Waals surface area (Å²) in [5.74, 6) is 12.3. The molecule has 0 saturated carbocycles. The van der Waals surface area contributed by atoms with Crippen molar-refractivity contribution in [1.29, 1.82) is 0 Å². The normalized spacial score (nSPS) is 14.5. The van der Waals surface area contributed by atoms with E-state index in [-0.39, 0.29) is 52.9 Å². The number of aromatic nitrogens is 15. The Hall–Kier alpha value is -7.77. The van der Waals surface area contributed by atoms with Crippen LogP contribution in [0.2, 0.25) is 0 Å². The van der Waals surface area contributed by atoms with Crippen molar-refractivity contribution in [2.75, 3.05) is 66.0 Å². The molecule has 0 spiro atoms. The molecular weight excluding hydrogens is 1480 g/mol. The van der Waals surface area contributed by atoms with Gasteiger partial charge in [0.25, 0.3) is 0 Å². The van der Waals surface area contributed by atoms with Crippen molar-refractivity contribution in [2.45, 2.75) is 210 Å². The number of nitrogens with one attached hydrogen (secondary N) is 1. The summed E-state index contributed by atoms with van der Waals surface area (Å²) in [5.41, 5.74) is 14.5. The fraction of sp³-hybridized carbons (Fsp3) is 0.553. The molecule has 3 N–H and O–H groups in total. The molecule has 12 rings (SSSR count). The second-order valence-corrected chi connectivity index (χ2v) is 35.0. The van der Waals surface area contributed by atoms with Crippen LogP contribution in [-0.4, -0.2) is 173 Å². The largest absolute Gasteiger partial charge is 0.496 e. The highest BCUT2D eigenvalue weighted by Gasteiger charge is 2.32. The minimum Gasteiger partial charge on any atom is -0.496 e. The average Bonchev–Trinajstić information content (AvgIpc) is 1.59. The van der Waals surface area contributed by atoms with E-state index in [4.69, 9.17) is 72.3 Å². The first kappa shape index (κ1) is 85.8. The SMILES string of the molecule is CC(C)(C)N(CCCl)CCCl.COc1cc2c(cc1C(C)=N[S@](=O)C(C)(C)C)-c1nc(-c3nc(C)nn3C(C)C)cn1CCO2.COc1cc2c(cc1[C@H](C)N)-c1nc(-c3nc(C)nn3C(C)C)cn1CCO2.COc1cc2c(cc1[C@H](C)N[S@](=O)C(C)(C)C)-c1nc(-c3nc(C)nn3C(C)C)cn1CCO2.Cl. The molecule has 9 aromatic rings. The molecule has 4 atom stereocenters. The number of methoxy groups -OCH3 is 3. The Balaban J connectivity index is 0.000000190. The van der Waals surface area contributed by atoms with Gasteiger partial charge in [-0.2, -0.15) is 19.7 Å². The number of aryl methyl sites for hydroxylation is 3. The second kappa shape index (κ2) is 35.9. The molecule has 3 aliphatic rings. The number of benzene rings is 3. The predicted molar refractivity (Wildman–Crippen MR) is 434 cm³/mol. The van der Waals surface area contributed by atoms with Gasteiger partial charge < -0.3 is 47.9 Å². The van der Waals surface area contributed by atoms with Gasteiger partial charge in [-0.1, -0.05) is 0 Å². The van der Waals surface area contributed by atoms with Crippen molar-refractivity contribution in [3.63, 3.8) is 0 Å². The van der Waals surface area contributed by atoms with E-state index in [0.29, 0.717) is 85.7 Å². The number of rotatable bonds is 19. The number of halogens is 3. The summed E-state index contributed by atoms with van der Waals surface area (Å²) in [7, 11) is 2.26. The van der Waals surface area contributed by atoms with E-state index in [0.717, 1.165) is 122 Å². The molecule has 6 aromatic heterocycles. The van der Waals surface area contributed by atoms with Crippen LogP contribution in [0.4, 0.5) is 0 Å². The molecule has 0 unspecified atom stereocenters.